The van der Waals surface area contributed by atoms with Crippen molar-refractivity contribution in [2.24, 2.45) is 5.92 Å². The zero-order chi connectivity index (χ0) is 17.6. The number of nitrogens with zero attached hydrogens (tertiary/aromatic N) is 3. The van der Waals surface area contributed by atoms with E-state index >= 15 is 0 Å². The van der Waals surface area contributed by atoms with Crippen LogP contribution in [0.2, 0.25) is 0 Å². The van der Waals surface area contributed by atoms with Crippen LogP contribution in [0, 0.1) is 5.92 Å². The molecule has 0 radical (unpaired) electrons. The number of piperidine rings is 1. The highest BCUT2D eigenvalue weighted by atomic mass is 16.5. The summed E-state index contributed by atoms with van der Waals surface area (Å²) in [5.41, 5.74) is 1.34. The SMILES string of the molecule is COc1ccc(CNC(=O)c2ccc(N3CCC(C)CC3)nn2)cc1. The zero-order valence-corrected chi connectivity index (χ0v) is 14.7. The molecule has 1 aromatic heterocycles. The fraction of sp³-hybridized carbons (Fsp3) is 0.421. The Kier molecular flexibility index (Phi) is 5.48. The van der Waals surface area contributed by atoms with Crippen molar-refractivity contribution >= 4 is 11.7 Å². The van der Waals surface area contributed by atoms with Gasteiger partial charge < -0.3 is 15.0 Å². The minimum absolute atomic E-state index is 0.220. The highest BCUT2D eigenvalue weighted by molar-refractivity contribution is 5.92. The molecule has 1 aromatic carbocycles. The Morgan fingerprint density at radius 2 is 1.88 bits per heavy atom. The van der Waals surface area contributed by atoms with Crippen molar-refractivity contribution in [3.05, 3.63) is 47.7 Å². The van der Waals surface area contributed by atoms with Crippen LogP contribution in [0.1, 0.15) is 35.8 Å². The molecule has 0 saturated carbocycles. The number of methoxy groups -OCH3 is 1. The third kappa shape index (κ3) is 4.47. The quantitative estimate of drug-likeness (QED) is 0.906. The molecule has 132 valence electrons. The van der Waals surface area contributed by atoms with Gasteiger partial charge in [-0.15, -0.1) is 10.2 Å². The molecule has 1 N–H and O–H groups in total. The lowest BCUT2D eigenvalue weighted by Gasteiger charge is -2.30. The number of hydrogen-bond donors (Lipinski definition) is 1. The van der Waals surface area contributed by atoms with E-state index in [1.807, 2.05) is 30.3 Å². The Morgan fingerprint density at radius 3 is 2.48 bits per heavy atom. The second kappa shape index (κ2) is 7.96. The lowest BCUT2D eigenvalue weighted by molar-refractivity contribution is 0.0945. The van der Waals surface area contributed by atoms with E-state index in [0.717, 1.165) is 36.1 Å². The number of carbonyl (C=O) groups is 1. The number of aromatic nitrogens is 2. The molecule has 6 nitrogen and oxygen atoms in total. The van der Waals surface area contributed by atoms with Gasteiger partial charge in [-0.3, -0.25) is 4.79 Å². The predicted octanol–water partition coefficient (Wildman–Crippen LogP) is 2.65. The number of hydrogen-bond acceptors (Lipinski definition) is 5. The smallest absolute Gasteiger partial charge is 0.272 e. The maximum atomic E-state index is 12.2. The Hall–Kier alpha value is -2.63. The van der Waals surface area contributed by atoms with Crippen LogP contribution < -0.4 is 15.0 Å². The molecule has 25 heavy (non-hydrogen) atoms. The third-order valence-corrected chi connectivity index (χ3v) is 4.60. The van der Waals surface area contributed by atoms with Crippen molar-refractivity contribution in [3.8, 4) is 5.75 Å². The van der Waals surface area contributed by atoms with Gasteiger partial charge >= 0.3 is 0 Å². The number of benzene rings is 1. The molecule has 0 spiro atoms. The summed E-state index contributed by atoms with van der Waals surface area (Å²) in [5, 5.41) is 11.2. The van der Waals surface area contributed by atoms with E-state index in [2.05, 4.69) is 27.3 Å². The van der Waals surface area contributed by atoms with Crippen molar-refractivity contribution in [1.29, 1.82) is 0 Å². The minimum atomic E-state index is -0.220. The van der Waals surface area contributed by atoms with Crippen LogP contribution in [-0.4, -0.2) is 36.3 Å². The van der Waals surface area contributed by atoms with E-state index in [9.17, 15) is 4.79 Å². The molecule has 1 amide bonds. The van der Waals surface area contributed by atoms with Crippen LogP contribution in [0.15, 0.2) is 36.4 Å². The van der Waals surface area contributed by atoms with Crippen molar-refractivity contribution in [2.75, 3.05) is 25.1 Å². The summed E-state index contributed by atoms with van der Waals surface area (Å²) in [7, 11) is 1.63. The molecule has 0 atom stereocenters. The zero-order valence-electron chi connectivity index (χ0n) is 14.7. The van der Waals surface area contributed by atoms with Gasteiger partial charge in [-0.1, -0.05) is 19.1 Å². The lowest BCUT2D eigenvalue weighted by Crippen LogP contribution is -2.33. The van der Waals surface area contributed by atoms with Crippen LogP contribution in [0.4, 0.5) is 5.82 Å². The first-order valence-corrected chi connectivity index (χ1v) is 8.65. The summed E-state index contributed by atoms with van der Waals surface area (Å²) in [5.74, 6) is 2.19. The van der Waals surface area contributed by atoms with Crippen LogP contribution in [0.5, 0.6) is 5.75 Å². The first-order valence-electron chi connectivity index (χ1n) is 8.65. The van der Waals surface area contributed by atoms with Crippen molar-refractivity contribution in [3.63, 3.8) is 0 Å². The summed E-state index contributed by atoms with van der Waals surface area (Å²) in [6.07, 6.45) is 2.34. The normalized spacial score (nSPS) is 15.0. The van der Waals surface area contributed by atoms with Gasteiger partial charge in [0.1, 0.15) is 5.75 Å². The summed E-state index contributed by atoms with van der Waals surface area (Å²) in [6.45, 7) is 4.72. The number of rotatable bonds is 5. The molecule has 1 fully saturated rings. The van der Waals surface area contributed by atoms with Crippen LogP contribution >= 0.6 is 0 Å². The van der Waals surface area contributed by atoms with Gasteiger partial charge in [0.2, 0.25) is 0 Å². The highest BCUT2D eigenvalue weighted by Crippen LogP contribution is 2.20. The van der Waals surface area contributed by atoms with Crippen LogP contribution in [-0.2, 0) is 6.54 Å². The average Bonchev–Trinajstić information content (AvgIpc) is 2.67. The van der Waals surface area contributed by atoms with Gasteiger partial charge in [0, 0.05) is 19.6 Å². The first kappa shape index (κ1) is 17.2. The molecule has 2 aromatic rings. The number of anilines is 1. The van der Waals surface area contributed by atoms with E-state index in [1.54, 1.807) is 13.2 Å². The predicted molar refractivity (Wildman–Crippen MR) is 96.8 cm³/mol. The Morgan fingerprint density at radius 1 is 1.16 bits per heavy atom. The number of ether oxygens (including phenoxy) is 1. The standard InChI is InChI=1S/C19H24N4O2/c1-14-9-11-23(12-10-14)18-8-7-17(21-22-18)19(24)20-13-15-3-5-16(25-2)6-4-15/h3-8,14H,9-13H2,1-2H3,(H,20,24). The Bertz CT molecular complexity index is 692. The van der Waals surface area contributed by atoms with Gasteiger partial charge in [0.05, 0.1) is 7.11 Å². The molecule has 0 bridgehead atoms. The van der Waals surface area contributed by atoms with E-state index in [0.29, 0.717) is 12.2 Å². The number of nitrogens with one attached hydrogen (secondary N) is 1. The molecule has 6 heteroatoms. The van der Waals surface area contributed by atoms with Crippen molar-refractivity contribution in [2.45, 2.75) is 26.3 Å². The lowest BCUT2D eigenvalue weighted by atomic mass is 9.99. The van der Waals surface area contributed by atoms with Gasteiger partial charge in [-0.05, 0) is 48.6 Å². The summed E-state index contributed by atoms with van der Waals surface area (Å²) in [4.78, 5) is 14.4. The number of carbonyl (C=O) groups excluding carboxylic acids is 1. The maximum Gasteiger partial charge on any atom is 0.272 e. The van der Waals surface area contributed by atoms with E-state index < -0.39 is 0 Å². The second-order valence-electron chi connectivity index (χ2n) is 6.48. The topological polar surface area (TPSA) is 67.3 Å². The molecule has 2 heterocycles. The maximum absolute atomic E-state index is 12.2. The summed E-state index contributed by atoms with van der Waals surface area (Å²) < 4.78 is 5.12. The van der Waals surface area contributed by atoms with Gasteiger partial charge in [-0.2, -0.15) is 0 Å². The van der Waals surface area contributed by atoms with Crippen LogP contribution in [0.25, 0.3) is 0 Å². The monoisotopic (exact) mass is 340 g/mol. The average molecular weight is 340 g/mol. The first-order chi connectivity index (χ1) is 12.2. The third-order valence-electron chi connectivity index (χ3n) is 4.60. The Balaban J connectivity index is 1.55. The fourth-order valence-corrected chi connectivity index (χ4v) is 2.87. The number of amides is 1. The summed E-state index contributed by atoms with van der Waals surface area (Å²) in [6, 6.07) is 11.2. The van der Waals surface area contributed by atoms with Crippen molar-refractivity contribution in [1.82, 2.24) is 15.5 Å². The molecule has 0 unspecified atom stereocenters. The van der Waals surface area contributed by atoms with Gasteiger partial charge in [0.15, 0.2) is 11.5 Å². The Labute approximate surface area is 148 Å². The highest BCUT2D eigenvalue weighted by Gasteiger charge is 2.17. The molecule has 1 aliphatic heterocycles. The van der Waals surface area contributed by atoms with E-state index in [4.69, 9.17) is 4.74 Å². The minimum Gasteiger partial charge on any atom is -0.497 e. The summed E-state index contributed by atoms with van der Waals surface area (Å²) >= 11 is 0. The van der Waals surface area contributed by atoms with Crippen molar-refractivity contribution < 1.29 is 9.53 Å². The molecule has 1 saturated heterocycles. The van der Waals surface area contributed by atoms with E-state index in [1.165, 1.54) is 12.8 Å². The molecule has 1 aliphatic rings. The van der Waals surface area contributed by atoms with Gasteiger partial charge in [-0.25, -0.2) is 0 Å². The molecular formula is C19H24N4O2. The van der Waals surface area contributed by atoms with Crippen LogP contribution in [0.3, 0.4) is 0 Å². The molecule has 3 rings (SSSR count). The second-order valence-corrected chi connectivity index (χ2v) is 6.48. The van der Waals surface area contributed by atoms with Gasteiger partial charge in [0.25, 0.3) is 5.91 Å². The molecular weight excluding hydrogens is 316 g/mol. The fourth-order valence-electron chi connectivity index (χ4n) is 2.87. The molecule has 0 aliphatic carbocycles. The largest absolute Gasteiger partial charge is 0.497 e. The van der Waals surface area contributed by atoms with E-state index in [-0.39, 0.29) is 5.91 Å².